The van der Waals surface area contributed by atoms with Crippen LogP contribution in [0.25, 0.3) is 0 Å². The van der Waals surface area contributed by atoms with Crippen LogP contribution in [-0.2, 0) is 4.74 Å². The molecule has 1 aliphatic heterocycles. The monoisotopic (exact) mass is 164 g/mol. The average Bonchev–Trinajstić information content (AvgIpc) is 2.60. The first kappa shape index (κ1) is 8.59. The SMILES string of the molecule is NC1=NCCO1.c1ccccc1. The van der Waals surface area contributed by atoms with Gasteiger partial charge in [-0.1, -0.05) is 36.4 Å². The highest BCUT2D eigenvalue weighted by Gasteiger charge is 1.97. The summed E-state index contributed by atoms with van der Waals surface area (Å²) in [4.78, 5) is 3.71. The molecule has 1 aromatic rings. The molecule has 2 N–H and O–H groups in total. The number of hydrogen-bond donors (Lipinski definition) is 1. The second-order valence-corrected chi connectivity index (χ2v) is 2.22. The Kier molecular flexibility index (Phi) is 3.71. The van der Waals surface area contributed by atoms with Gasteiger partial charge in [0.2, 0.25) is 0 Å². The molecule has 2 rings (SSSR count). The second kappa shape index (κ2) is 5.18. The van der Waals surface area contributed by atoms with Gasteiger partial charge in [0.05, 0.1) is 6.54 Å². The molecule has 0 aliphatic carbocycles. The predicted molar refractivity (Wildman–Crippen MR) is 48.9 cm³/mol. The van der Waals surface area contributed by atoms with Gasteiger partial charge in [-0.3, -0.25) is 0 Å². The van der Waals surface area contributed by atoms with E-state index >= 15 is 0 Å². The first-order valence-electron chi connectivity index (χ1n) is 3.82. The Labute approximate surface area is 71.9 Å². The van der Waals surface area contributed by atoms with E-state index < -0.39 is 0 Å². The second-order valence-electron chi connectivity index (χ2n) is 2.22. The van der Waals surface area contributed by atoms with Gasteiger partial charge in [-0.05, 0) is 0 Å². The molecule has 3 heteroatoms. The summed E-state index contributed by atoms with van der Waals surface area (Å²) in [6, 6.07) is 12.3. The smallest absolute Gasteiger partial charge is 0.282 e. The molecule has 64 valence electrons. The van der Waals surface area contributed by atoms with E-state index in [1.54, 1.807) is 0 Å². The number of aliphatic imine (C=N–C) groups is 1. The summed E-state index contributed by atoms with van der Waals surface area (Å²) < 4.78 is 4.68. The van der Waals surface area contributed by atoms with Gasteiger partial charge in [0, 0.05) is 0 Å². The number of ether oxygens (including phenoxy) is 1. The molecule has 0 aromatic heterocycles. The highest BCUT2D eigenvalue weighted by Crippen LogP contribution is 1.84. The third kappa shape index (κ3) is 3.61. The van der Waals surface area contributed by atoms with E-state index in [2.05, 4.69) is 9.73 Å². The van der Waals surface area contributed by atoms with Gasteiger partial charge in [0.15, 0.2) is 0 Å². The Morgan fingerprint density at radius 1 is 1.08 bits per heavy atom. The zero-order valence-corrected chi connectivity index (χ0v) is 6.81. The molecule has 1 heterocycles. The molecule has 0 atom stereocenters. The quantitative estimate of drug-likeness (QED) is 0.622. The normalized spacial score (nSPS) is 13.8. The molecule has 3 nitrogen and oxygen atoms in total. The Morgan fingerprint density at radius 3 is 1.75 bits per heavy atom. The van der Waals surface area contributed by atoms with Crippen LogP contribution >= 0.6 is 0 Å². The summed E-state index contributed by atoms with van der Waals surface area (Å²) in [7, 11) is 0. The van der Waals surface area contributed by atoms with Crippen molar-refractivity contribution >= 4 is 6.02 Å². The van der Waals surface area contributed by atoms with Gasteiger partial charge in [0.25, 0.3) is 6.02 Å². The molecular formula is C9H12N2O. The molecule has 12 heavy (non-hydrogen) atoms. The highest BCUT2D eigenvalue weighted by atomic mass is 16.5. The Balaban J connectivity index is 0.000000120. The number of nitrogens with zero attached hydrogens (tertiary/aromatic N) is 1. The van der Waals surface area contributed by atoms with Gasteiger partial charge in [-0.2, -0.15) is 0 Å². The number of hydrogen-bond acceptors (Lipinski definition) is 3. The number of nitrogens with two attached hydrogens (primary N) is 1. The molecule has 1 aliphatic rings. The maximum Gasteiger partial charge on any atom is 0.282 e. The van der Waals surface area contributed by atoms with E-state index in [0.717, 1.165) is 6.54 Å². The molecule has 0 spiro atoms. The van der Waals surface area contributed by atoms with Crippen molar-refractivity contribution in [1.29, 1.82) is 0 Å². The van der Waals surface area contributed by atoms with Gasteiger partial charge < -0.3 is 10.5 Å². The lowest BCUT2D eigenvalue weighted by Gasteiger charge is -1.86. The molecule has 0 saturated carbocycles. The molecule has 0 radical (unpaired) electrons. The summed E-state index contributed by atoms with van der Waals surface area (Å²) in [6.45, 7) is 1.39. The lowest BCUT2D eigenvalue weighted by Crippen LogP contribution is -2.10. The van der Waals surface area contributed by atoms with E-state index in [-0.39, 0.29) is 0 Å². The average molecular weight is 164 g/mol. The largest absolute Gasteiger partial charge is 0.463 e. The number of rotatable bonds is 0. The van der Waals surface area contributed by atoms with E-state index in [1.165, 1.54) is 0 Å². The van der Waals surface area contributed by atoms with Crippen molar-refractivity contribution in [3.8, 4) is 0 Å². The van der Waals surface area contributed by atoms with Crippen LogP contribution in [0.5, 0.6) is 0 Å². The molecule has 0 amide bonds. The summed E-state index contributed by atoms with van der Waals surface area (Å²) in [5.41, 5.74) is 5.06. The van der Waals surface area contributed by atoms with Crippen LogP contribution in [0.4, 0.5) is 0 Å². The maximum absolute atomic E-state index is 5.06. The zero-order chi connectivity index (χ0) is 8.65. The first-order chi connectivity index (χ1) is 5.89. The van der Waals surface area contributed by atoms with Crippen molar-refractivity contribution in [2.75, 3.05) is 13.2 Å². The lowest BCUT2D eigenvalue weighted by molar-refractivity contribution is 0.342. The topological polar surface area (TPSA) is 47.6 Å². The predicted octanol–water partition coefficient (Wildman–Crippen LogP) is 1.02. The fraction of sp³-hybridized carbons (Fsp3) is 0.222. The van der Waals surface area contributed by atoms with Crippen LogP contribution in [0.3, 0.4) is 0 Å². The van der Waals surface area contributed by atoms with E-state index in [4.69, 9.17) is 5.73 Å². The van der Waals surface area contributed by atoms with Crippen molar-refractivity contribution in [3.63, 3.8) is 0 Å². The molecule has 1 aromatic carbocycles. The third-order valence-electron chi connectivity index (χ3n) is 1.28. The summed E-state index contributed by atoms with van der Waals surface area (Å²) in [6.07, 6.45) is 0. The molecule has 0 fully saturated rings. The Hall–Kier alpha value is -1.51. The Morgan fingerprint density at radius 2 is 1.58 bits per heavy atom. The molecule has 0 saturated heterocycles. The van der Waals surface area contributed by atoms with E-state index in [1.807, 2.05) is 36.4 Å². The van der Waals surface area contributed by atoms with Crippen molar-refractivity contribution in [2.24, 2.45) is 10.7 Å². The fourth-order valence-corrected chi connectivity index (χ4v) is 0.737. The van der Waals surface area contributed by atoms with E-state index in [9.17, 15) is 0 Å². The van der Waals surface area contributed by atoms with Gasteiger partial charge in [-0.15, -0.1) is 0 Å². The van der Waals surface area contributed by atoms with Crippen LogP contribution in [0.2, 0.25) is 0 Å². The van der Waals surface area contributed by atoms with Gasteiger partial charge in [0.1, 0.15) is 6.61 Å². The van der Waals surface area contributed by atoms with Crippen molar-refractivity contribution < 1.29 is 4.74 Å². The molecular weight excluding hydrogens is 152 g/mol. The fourth-order valence-electron chi connectivity index (χ4n) is 0.737. The van der Waals surface area contributed by atoms with Crippen molar-refractivity contribution in [3.05, 3.63) is 36.4 Å². The molecule has 0 bridgehead atoms. The van der Waals surface area contributed by atoms with Crippen molar-refractivity contribution in [2.45, 2.75) is 0 Å². The first-order valence-corrected chi connectivity index (χ1v) is 3.82. The van der Waals surface area contributed by atoms with Crippen LogP contribution < -0.4 is 5.73 Å². The van der Waals surface area contributed by atoms with E-state index in [0.29, 0.717) is 12.6 Å². The minimum absolute atomic E-state index is 0.329. The van der Waals surface area contributed by atoms with Gasteiger partial charge in [-0.25, -0.2) is 4.99 Å². The molecule has 0 unspecified atom stereocenters. The summed E-state index contributed by atoms with van der Waals surface area (Å²) in [5, 5.41) is 0. The van der Waals surface area contributed by atoms with Crippen LogP contribution in [-0.4, -0.2) is 19.2 Å². The third-order valence-corrected chi connectivity index (χ3v) is 1.28. The van der Waals surface area contributed by atoms with Gasteiger partial charge >= 0.3 is 0 Å². The highest BCUT2D eigenvalue weighted by molar-refractivity contribution is 5.72. The van der Waals surface area contributed by atoms with Crippen LogP contribution in [0.1, 0.15) is 0 Å². The maximum atomic E-state index is 5.06. The minimum Gasteiger partial charge on any atom is -0.463 e. The zero-order valence-electron chi connectivity index (χ0n) is 6.81. The summed E-state index contributed by atoms with van der Waals surface area (Å²) >= 11 is 0. The summed E-state index contributed by atoms with van der Waals surface area (Å²) in [5.74, 6) is 0. The van der Waals surface area contributed by atoms with Crippen LogP contribution in [0.15, 0.2) is 41.4 Å². The van der Waals surface area contributed by atoms with Crippen molar-refractivity contribution in [1.82, 2.24) is 0 Å². The lowest BCUT2D eigenvalue weighted by atomic mass is 10.4. The number of benzene rings is 1. The standard InChI is InChI=1S/C6H6.C3H6N2O/c1-2-4-6-5-3-1;4-3-5-1-2-6-3/h1-6H;1-2H2,(H2,4,5). The van der Waals surface area contributed by atoms with Crippen LogP contribution in [0, 0.1) is 0 Å². The minimum atomic E-state index is 0.329. The number of amidine groups is 1. The Bertz CT molecular complexity index is 207.